The average Bonchev–Trinajstić information content (AvgIpc) is 3.67. The molecule has 0 radical (unpaired) electrons. The van der Waals surface area contributed by atoms with Crippen molar-refractivity contribution in [1.29, 1.82) is 0 Å². The van der Waals surface area contributed by atoms with Gasteiger partial charge in [0, 0.05) is 23.2 Å². The van der Waals surface area contributed by atoms with Crippen LogP contribution < -0.4 is 20.1 Å². The lowest BCUT2D eigenvalue weighted by Gasteiger charge is -2.34. The quantitative estimate of drug-likeness (QED) is 0.309. The van der Waals surface area contributed by atoms with Crippen molar-refractivity contribution < 1.29 is 28.6 Å². The number of anilines is 1. The van der Waals surface area contributed by atoms with E-state index in [1.54, 1.807) is 30.9 Å². The number of fused-ring (bicyclic) bond motifs is 1. The Balaban J connectivity index is 1.28. The van der Waals surface area contributed by atoms with Gasteiger partial charge in [-0.25, -0.2) is 0 Å². The summed E-state index contributed by atoms with van der Waals surface area (Å²) in [5.41, 5.74) is 0.413. The zero-order chi connectivity index (χ0) is 30.1. The molecule has 228 valence electrons. The molecule has 3 unspecified atom stereocenters. The number of hydrogen-bond donors (Lipinski definition) is 2. The molecule has 4 aliphatic rings. The zero-order valence-electron chi connectivity index (χ0n) is 24.8. The molecule has 1 aliphatic carbocycles. The molecular weight excluding hydrogens is 566 g/mol. The number of rotatable bonds is 10. The second-order valence-corrected chi connectivity index (χ2v) is 12.6. The number of thioether (sulfide) groups is 1. The number of benzene rings is 2. The minimum atomic E-state index is -1.19. The largest absolute Gasteiger partial charge is 0.493 e. The van der Waals surface area contributed by atoms with Gasteiger partial charge in [-0.15, -0.1) is 11.8 Å². The summed E-state index contributed by atoms with van der Waals surface area (Å²) in [6.07, 6.45) is 10.8. The maximum Gasteiger partial charge on any atom is 0.246 e. The van der Waals surface area contributed by atoms with Gasteiger partial charge in [-0.05, 0) is 61.4 Å². The van der Waals surface area contributed by atoms with Crippen LogP contribution >= 0.6 is 11.8 Å². The first-order valence-electron chi connectivity index (χ1n) is 15.0. The molecule has 3 amide bonds. The normalized spacial score (nSPS) is 27.7. The number of nitrogens with zero attached hydrogens (tertiary/aromatic N) is 1. The van der Waals surface area contributed by atoms with Gasteiger partial charge in [0.2, 0.25) is 17.7 Å². The fourth-order valence-electron chi connectivity index (χ4n) is 7.25. The summed E-state index contributed by atoms with van der Waals surface area (Å²) in [7, 11) is 3.17. The Kier molecular flexibility index (Phi) is 8.42. The van der Waals surface area contributed by atoms with E-state index in [4.69, 9.17) is 14.2 Å². The minimum absolute atomic E-state index is 0.0740. The molecule has 43 heavy (non-hydrogen) atoms. The summed E-state index contributed by atoms with van der Waals surface area (Å²) < 4.78 is 17.4. The van der Waals surface area contributed by atoms with E-state index in [1.165, 1.54) is 6.42 Å². The first kappa shape index (κ1) is 29.6. The van der Waals surface area contributed by atoms with Crippen LogP contribution in [-0.4, -0.2) is 73.4 Å². The Labute approximate surface area is 256 Å². The highest BCUT2D eigenvalue weighted by Gasteiger charge is 2.72. The van der Waals surface area contributed by atoms with Crippen LogP contribution in [0.2, 0.25) is 0 Å². The third-order valence-corrected chi connectivity index (χ3v) is 10.0. The molecule has 2 aromatic carbocycles. The molecule has 3 aliphatic heterocycles. The first-order chi connectivity index (χ1) is 20.9. The van der Waals surface area contributed by atoms with Gasteiger partial charge in [-0.3, -0.25) is 14.4 Å². The third kappa shape index (κ3) is 5.40. The molecule has 10 heteroatoms. The highest BCUT2D eigenvalue weighted by Crippen LogP contribution is 2.55. The summed E-state index contributed by atoms with van der Waals surface area (Å²) >= 11 is 1.59. The van der Waals surface area contributed by atoms with Crippen LogP contribution in [0.15, 0.2) is 59.5 Å². The van der Waals surface area contributed by atoms with Crippen LogP contribution in [0.1, 0.15) is 37.7 Å². The van der Waals surface area contributed by atoms with E-state index in [9.17, 15) is 14.4 Å². The highest BCUT2D eigenvalue weighted by molar-refractivity contribution is 7.98. The van der Waals surface area contributed by atoms with Gasteiger partial charge in [0.1, 0.15) is 11.6 Å². The fourth-order valence-corrected chi connectivity index (χ4v) is 7.71. The summed E-state index contributed by atoms with van der Waals surface area (Å²) in [4.78, 5) is 44.8. The van der Waals surface area contributed by atoms with E-state index >= 15 is 0 Å². The lowest BCUT2D eigenvalue weighted by atomic mass is 9.74. The van der Waals surface area contributed by atoms with E-state index in [0.717, 1.165) is 36.1 Å². The van der Waals surface area contributed by atoms with Crippen molar-refractivity contribution in [2.45, 2.75) is 67.2 Å². The van der Waals surface area contributed by atoms with Crippen molar-refractivity contribution in [3.63, 3.8) is 0 Å². The average molecular weight is 606 g/mol. The second kappa shape index (κ2) is 12.2. The van der Waals surface area contributed by atoms with E-state index in [0.29, 0.717) is 30.2 Å². The van der Waals surface area contributed by atoms with Gasteiger partial charge in [0.25, 0.3) is 0 Å². The Hall–Kier alpha value is -3.50. The van der Waals surface area contributed by atoms with Crippen molar-refractivity contribution in [2.75, 3.05) is 32.3 Å². The van der Waals surface area contributed by atoms with Crippen LogP contribution in [0.3, 0.4) is 0 Å². The highest BCUT2D eigenvalue weighted by atomic mass is 32.2. The SMILES string of the molecule is COc1ccc(CCN2C(=O)[C@@H]3C(C(=O)Nc4cccc(SC)c4)[C@@H]4C=CC3(O4)C2C(=O)NC2CCCCC2)cc1OC. The lowest BCUT2D eigenvalue weighted by Crippen LogP contribution is -2.56. The first-order valence-corrected chi connectivity index (χ1v) is 16.2. The molecule has 2 aromatic rings. The Morgan fingerprint density at radius 1 is 1.05 bits per heavy atom. The lowest BCUT2D eigenvalue weighted by molar-refractivity contribution is -0.141. The molecule has 3 heterocycles. The number of likely N-dealkylation sites (tertiary alicyclic amines) is 1. The Bertz CT molecular complexity index is 1430. The molecule has 6 rings (SSSR count). The summed E-state index contributed by atoms with van der Waals surface area (Å²) in [6.45, 7) is 0.293. The zero-order valence-corrected chi connectivity index (χ0v) is 25.7. The van der Waals surface area contributed by atoms with E-state index < -0.39 is 29.6 Å². The predicted octanol–water partition coefficient (Wildman–Crippen LogP) is 4.21. The topological polar surface area (TPSA) is 106 Å². The minimum Gasteiger partial charge on any atom is -0.493 e. The van der Waals surface area contributed by atoms with Gasteiger partial charge in [0.05, 0.1) is 32.2 Å². The number of carbonyl (C=O) groups is 3. The Morgan fingerprint density at radius 3 is 2.58 bits per heavy atom. The summed E-state index contributed by atoms with van der Waals surface area (Å²) in [5, 5.41) is 6.26. The predicted molar refractivity (Wildman–Crippen MR) is 164 cm³/mol. The molecule has 2 saturated heterocycles. The number of hydrogen-bond acceptors (Lipinski definition) is 7. The summed E-state index contributed by atoms with van der Waals surface area (Å²) in [6, 6.07) is 12.5. The standard InChI is InChI=1S/C33H39N3O6S/c1-40-24-13-12-20(18-26(24)41-2)15-17-36-29(31(38)34-21-8-5-4-6-9-21)33-16-14-25(42-33)27(28(33)32(36)39)30(37)35-22-10-7-11-23(19-22)43-3/h7,10-14,16,18-19,21,25,27-29H,4-6,8-9,15,17H2,1-3H3,(H,34,38)(H,35,37)/t25-,27?,28-,29?,33?/m0/s1. The van der Waals surface area contributed by atoms with Crippen molar-refractivity contribution in [3.8, 4) is 11.5 Å². The molecule has 1 saturated carbocycles. The fraction of sp³-hybridized carbons (Fsp3) is 0.485. The Morgan fingerprint density at radius 2 is 1.84 bits per heavy atom. The number of methoxy groups -OCH3 is 2. The van der Waals surface area contributed by atoms with Crippen molar-refractivity contribution >= 4 is 35.2 Å². The molecule has 9 nitrogen and oxygen atoms in total. The van der Waals surface area contributed by atoms with E-state index in [-0.39, 0.29) is 23.8 Å². The molecular formula is C33H39N3O6S. The summed E-state index contributed by atoms with van der Waals surface area (Å²) in [5.74, 6) is -1.04. The van der Waals surface area contributed by atoms with Gasteiger partial charge >= 0.3 is 0 Å². The molecule has 2 bridgehead atoms. The van der Waals surface area contributed by atoms with Gasteiger partial charge in [0.15, 0.2) is 11.5 Å². The van der Waals surface area contributed by atoms with Crippen LogP contribution in [0.25, 0.3) is 0 Å². The molecule has 0 aromatic heterocycles. The second-order valence-electron chi connectivity index (χ2n) is 11.7. The van der Waals surface area contributed by atoms with Crippen molar-refractivity contribution in [1.82, 2.24) is 10.2 Å². The van der Waals surface area contributed by atoms with Crippen molar-refractivity contribution in [3.05, 3.63) is 60.2 Å². The number of amides is 3. The third-order valence-electron chi connectivity index (χ3n) is 9.30. The van der Waals surface area contributed by atoms with Crippen LogP contribution in [0.5, 0.6) is 11.5 Å². The molecule has 5 atom stereocenters. The molecule has 1 spiro atoms. The van der Waals surface area contributed by atoms with Crippen LogP contribution in [0, 0.1) is 11.8 Å². The van der Waals surface area contributed by atoms with E-state index in [2.05, 4.69) is 10.6 Å². The number of ether oxygens (including phenoxy) is 3. The van der Waals surface area contributed by atoms with Gasteiger partial charge in [-0.2, -0.15) is 0 Å². The van der Waals surface area contributed by atoms with Gasteiger partial charge < -0.3 is 29.7 Å². The number of nitrogens with one attached hydrogen (secondary N) is 2. The van der Waals surface area contributed by atoms with Gasteiger partial charge in [-0.1, -0.05) is 43.5 Å². The molecule has 2 N–H and O–H groups in total. The molecule has 3 fully saturated rings. The van der Waals surface area contributed by atoms with E-state index in [1.807, 2.05) is 60.9 Å². The maximum atomic E-state index is 14.3. The number of carbonyl (C=O) groups excluding carboxylic acids is 3. The maximum absolute atomic E-state index is 14.3. The monoisotopic (exact) mass is 605 g/mol. The van der Waals surface area contributed by atoms with Crippen LogP contribution in [-0.2, 0) is 25.5 Å². The van der Waals surface area contributed by atoms with Crippen LogP contribution in [0.4, 0.5) is 5.69 Å². The van der Waals surface area contributed by atoms with Crippen molar-refractivity contribution in [2.24, 2.45) is 11.8 Å². The smallest absolute Gasteiger partial charge is 0.246 e.